The van der Waals surface area contributed by atoms with Gasteiger partial charge in [0, 0.05) is 35.1 Å². The van der Waals surface area contributed by atoms with Crippen molar-refractivity contribution in [3.8, 4) is 5.75 Å². The fraction of sp³-hybridized carbons (Fsp3) is 0.261. The lowest BCUT2D eigenvalue weighted by atomic mass is 9.91. The minimum Gasteiger partial charge on any atom is -0.497 e. The van der Waals surface area contributed by atoms with Crippen LogP contribution in [-0.4, -0.2) is 22.6 Å². The summed E-state index contributed by atoms with van der Waals surface area (Å²) in [5.74, 6) is 0.741. The fourth-order valence-electron chi connectivity index (χ4n) is 4.45. The number of amides is 1. The van der Waals surface area contributed by atoms with E-state index in [9.17, 15) is 4.79 Å². The van der Waals surface area contributed by atoms with Crippen LogP contribution < -0.4 is 10.1 Å². The predicted molar refractivity (Wildman–Crippen MR) is 111 cm³/mol. The number of H-pyrrole nitrogens is 1. The molecule has 142 valence electrons. The second-order valence-electron chi connectivity index (χ2n) is 7.49. The van der Waals surface area contributed by atoms with Gasteiger partial charge in [0.15, 0.2) is 0 Å². The van der Waals surface area contributed by atoms with Crippen LogP contribution in [0.5, 0.6) is 5.75 Å². The van der Waals surface area contributed by atoms with Gasteiger partial charge in [0.05, 0.1) is 18.7 Å². The first kappa shape index (κ1) is 16.9. The van der Waals surface area contributed by atoms with Crippen molar-refractivity contribution in [2.45, 2.75) is 25.3 Å². The van der Waals surface area contributed by atoms with Gasteiger partial charge in [0.25, 0.3) is 5.91 Å². The number of hydrogen-bond donors (Lipinski definition) is 2. The molecule has 5 nitrogen and oxygen atoms in total. The van der Waals surface area contributed by atoms with E-state index in [0.29, 0.717) is 5.69 Å². The number of aromatic nitrogens is 2. The highest BCUT2D eigenvalue weighted by Gasteiger charge is 2.26. The maximum atomic E-state index is 13.1. The van der Waals surface area contributed by atoms with E-state index in [1.165, 1.54) is 10.9 Å². The van der Waals surface area contributed by atoms with Crippen molar-refractivity contribution in [3.05, 3.63) is 65.5 Å². The molecule has 1 unspecified atom stereocenters. The number of nitrogens with one attached hydrogen (secondary N) is 2. The monoisotopic (exact) mass is 373 g/mol. The first-order valence-electron chi connectivity index (χ1n) is 9.69. The number of carbonyl (C=O) groups is 1. The van der Waals surface area contributed by atoms with Gasteiger partial charge in [-0.15, -0.1) is 0 Å². The molecule has 0 bridgehead atoms. The van der Waals surface area contributed by atoms with Gasteiger partial charge in [-0.3, -0.25) is 4.79 Å². The summed E-state index contributed by atoms with van der Waals surface area (Å²) in [7, 11) is 3.57. The van der Waals surface area contributed by atoms with Crippen LogP contribution in [0, 0.1) is 0 Å². The van der Waals surface area contributed by atoms with E-state index in [2.05, 4.69) is 28.5 Å². The molecular formula is C23H23N3O2. The molecule has 2 heterocycles. The Balaban J connectivity index is 1.48. The number of ether oxygens (including phenoxy) is 1. The number of methoxy groups -OCH3 is 1. The molecule has 0 saturated carbocycles. The van der Waals surface area contributed by atoms with Gasteiger partial charge in [0.2, 0.25) is 0 Å². The molecule has 0 fully saturated rings. The van der Waals surface area contributed by atoms with Gasteiger partial charge in [-0.1, -0.05) is 18.2 Å². The highest BCUT2D eigenvalue weighted by molar-refractivity contribution is 5.99. The number of hydrogen-bond acceptors (Lipinski definition) is 2. The van der Waals surface area contributed by atoms with Crippen molar-refractivity contribution >= 4 is 27.7 Å². The zero-order chi connectivity index (χ0) is 19.3. The summed E-state index contributed by atoms with van der Waals surface area (Å²) in [6.07, 6.45) is 3.08. The Kier molecular flexibility index (Phi) is 3.90. The van der Waals surface area contributed by atoms with E-state index in [0.717, 1.165) is 47.1 Å². The Morgan fingerprint density at radius 2 is 2.07 bits per heavy atom. The van der Waals surface area contributed by atoms with Crippen molar-refractivity contribution in [1.29, 1.82) is 0 Å². The fourth-order valence-corrected chi connectivity index (χ4v) is 4.45. The van der Waals surface area contributed by atoms with Crippen LogP contribution in [0.25, 0.3) is 21.8 Å². The maximum Gasteiger partial charge on any atom is 0.268 e. The van der Waals surface area contributed by atoms with E-state index < -0.39 is 0 Å². The normalized spacial score (nSPS) is 16.3. The molecule has 2 aromatic heterocycles. The van der Waals surface area contributed by atoms with Gasteiger partial charge in [-0.2, -0.15) is 0 Å². The molecule has 5 heteroatoms. The molecule has 2 N–H and O–H groups in total. The SMILES string of the molecule is COc1ccc2cc(C(=O)NC3CCCc4c3[nH]c3ccccc43)n(C)c2c1. The number of aryl methyl sites for hydroxylation is 2. The highest BCUT2D eigenvalue weighted by Crippen LogP contribution is 2.35. The molecule has 1 amide bonds. The lowest BCUT2D eigenvalue weighted by Gasteiger charge is -2.24. The highest BCUT2D eigenvalue weighted by atomic mass is 16.5. The molecule has 0 radical (unpaired) electrons. The minimum absolute atomic E-state index is 0.0104. The number of carbonyl (C=O) groups excluding carboxylic acids is 1. The minimum atomic E-state index is -0.0471. The molecule has 2 aromatic carbocycles. The number of benzene rings is 2. The Labute approximate surface area is 163 Å². The summed E-state index contributed by atoms with van der Waals surface area (Å²) in [4.78, 5) is 16.6. The third-order valence-electron chi connectivity index (χ3n) is 5.91. The Hall–Kier alpha value is -3.21. The molecule has 0 saturated heterocycles. The van der Waals surface area contributed by atoms with Crippen molar-refractivity contribution in [3.63, 3.8) is 0 Å². The molecule has 0 spiro atoms. The molecule has 0 aliphatic heterocycles. The standard InChI is InChI=1S/C23H23N3O2/c1-26-20-13-15(28-2)11-10-14(20)12-21(26)23(27)25-19-9-5-7-17-16-6-3-4-8-18(16)24-22(17)19/h3-4,6,8,10-13,19,24H,5,7,9H2,1-2H3,(H,25,27). The van der Waals surface area contributed by atoms with Gasteiger partial charge in [-0.25, -0.2) is 0 Å². The predicted octanol–water partition coefficient (Wildman–Crippen LogP) is 4.48. The van der Waals surface area contributed by atoms with Gasteiger partial charge in [0.1, 0.15) is 11.4 Å². The van der Waals surface area contributed by atoms with Crippen molar-refractivity contribution in [1.82, 2.24) is 14.9 Å². The average Bonchev–Trinajstić information content (AvgIpc) is 3.26. The van der Waals surface area contributed by atoms with Crippen LogP contribution in [0.3, 0.4) is 0 Å². The zero-order valence-electron chi connectivity index (χ0n) is 16.1. The topological polar surface area (TPSA) is 59.0 Å². The van der Waals surface area contributed by atoms with Crippen LogP contribution in [0.4, 0.5) is 0 Å². The Morgan fingerprint density at radius 3 is 2.93 bits per heavy atom. The largest absolute Gasteiger partial charge is 0.497 e. The molecular weight excluding hydrogens is 350 g/mol. The maximum absolute atomic E-state index is 13.1. The van der Waals surface area contributed by atoms with Gasteiger partial charge in [-0.05, 0) is 49.1 Å². The first-order valence-corrected chi connectivity index (χ1v) is 9.69. The molecule has 28 heavy (non-hydrogen) atoms. The summed E-state index contributed by atoms with van der Waals surface area (Å²) >= 11 is 0. The number of rotatable bonds is 3. The number of fused-ring (bicyclic) bond motifs is 4. The third-order valence-corrected chi connectivity index (χ3v) is 5.91. The summed E-state index contributed by atoms with van der Waals surface area (Å²) in [5, 5.41) is 5.56. The lowest BCUT2D eigenvalue weighted by Crippen LogP contribution is -2.32. The van der Waals surface area contributed by atoms with E-state index in [1.54, 1.807) is 7.11 Å². The van der Waals surface area contributed by atoms with E-state index in [1.807, 2.05) is 41.9 Å². The molecule has 1 atom stereocenters. The van der Waals surface area contributed by atoms with E-state index >= 15 is 0 Å². The second-order valence-corrected chi connectivity index (χ2v) is 7.49. The number of para-hydroxylation sites is 1. The average molecular weight is 373 g/mol. The zero-order valence-corrected chi connectivity index (χ0v) is 16.1. The molecule has 4 aromatic rings. The smallest absolute Gasteiger partial charge is 0.268 e. The molecule has 1 aliphatic carbocycles. The van der Waals surface area contributed by atoms with Crippen LogP contribution in [0.15, 0.2) is 48.5 Å². The number of nitrogens with zero attached hydrogens (tertiary/aromatic N) is 1. The number of aromatic amines is 1. The summed E-state index contributed by atoms with van der Waals surface area (Å²) < 4.78 is 7.25. The summed E-state index contributed by atoms with van der Waals surface area (Å²) in [5.41, 5.74) is 5.28. The van der Waals surface area contributed by atoms with E-state index in [4.69, 9.17) is 4.74 Å². The van der Waals surface area contributed by atoms with Crippen LogP contribution in [0.1, 0.15) is 40.6 Å². The van der Waals surface area contributed by atoms with Crippen LogP contribution in [0.2, 0.25) is 0 Å². The quantitative estimate of drug-likeness (QED) is 0.556. The summed E-state index contributed by atoms with van der Waals surface area (Å²) in [6, 6.07) is 16.2. The summed E-state index contributed by atoms with van der Waals surface area (Å²) in [6.45, 7) is 0. The second kappa shape index (κ2) is 6.44. The molecule has 1 aliphatic rings. The molecule has 5 rings (SSSR count). The van der Waals surface area contributed by atoms with Gasteiger partial charge >= 0.3 is 0 Å². The van der Waals surface area contributed by atoms with Crippen molar-refractivity contribution in [2.75, 3.05) is 7.11 Å². The lowest BCUT2D eigenvalue weighted by molar-refractivity contribution is 0.0924. The Bertz CT molecular complexity index is 1200. The van der Waals surface area contributed by atoms with Crippen LogP contribution in [-0.2, 0) is 13.5 Å². The van der Waals surface area contributed by atoms with Crippen molar-refractivity contribution < 1.29 is 9.53 Å². The van der Waals surface area contributed by atoms with E-state index in [-0.39, 0.29) is 11.9 Å². The first-order chi connectivity index (χ1) is 13.7. The third kappa shape index (κ3) is 2.58. The van der Waals surface area contributed by atoms with Crippen LogP contribution >= 0.6 is 0 Å². The van der Waals surface area contributed by atoms with Crippen molar-refractivity contribution in [2.24, 2.45) is 7.05 Å². The Morgan fingerprint density at radius 1 is 1.21 bits per heavy atom. The van der Waals surface area contributed by atoms with Gasteiger partial charge < -0.3 is 19.6 Å².